The lowest BCUT2D eigenvalue weighted by Gasteiger charge is -2.24. The molecule has 0 fully saturated rings. The van der Waals surface area contributed by atoms with Gasteiger partial charge in [0.2, 0.25) is 0 Å². The van der Waals surface area contributed by atoms with Gasteiger partial charge in [-0.3, -0.25) is 4.79 Å². The zero-order valence-corrected chi connectivity index (χ0v) is 16.9. The molecule has 166 valence electrons. The zero-order chi connectivity index (χ0) is 21.4. The molecule has 0 saturated heterocycles. The third kappa shape index (κ3) is 11.6. The fourth-order valence-electron chi connectivity index (χ4n) is 2.39. The molecule has 10 nitrogen and oxygen atoms in total. The molecule has 28 heavy (non-hydrogen) atoms. The van der Waals surface area contributed by atoms with Gasteiger partial charge in [-0.1, -0.05) is 13.3 Å². The van der Waals surface area contributed by atoms with Gasteiger partial charge in [-0.2, -0.15) is 0 Å². The molecule has 0 aromatic carbocycles. The van der Waals surface area contributed by atoms with Gasteiger partial charge in [0.1, 0.15) is 18.3 Å². The van der Waals surface area contributed by atoms with Crippen molar-refractivity contribution >= 4 is 11.8 Å². The number of ketones is 1. The van der Waals surface area contributed by atoms with E-state index in [0.717, 1.165) is 39.8 Å². The molecule has 0 rings (SSSR count). The van der Waals surface area contributed by atoms with Crippen LogP contribution in [0.5, 0.6) is 0 Å². The highest BCUT2D eigenvalue weighted by atomic mass is 16.5. The Morgan fingerprint density at radius 1 is 0.786 bits per heavy atom. The summed E-state index contributed by atoms with van der Waals surface area (Å²) in [5.41, 5.74) is 0. The summed E-state index contributed by atoms with van der Waals surface area (Å²) in [5, 5.41) is 48.4. The maximum Gasteiger partial charge on any atom is 0.337 e. The molecule has 0 radical (unpaired) electrons. The van der Waals surface area contributed by atoms with E-state index in [9.17, 15) is 30.0 Å². The van der Waals surface area contributed by atoms with E-state index in [-0.39, 0.29) is 6.42 Å². The van der Waals surface area contributed by atoms with E-state index in [1.165, 1.54) is 12.8 Å². The average molecular weight is 408 g/mol. The summed E-state index contributed by atoms with van der Waals surface area (Å²) in [5.74, 6) is -1.84. The van der Waals surface area contributed by atoms with Crippen LogP contribution in [0.2, 0.25) is 0 Å². The summed E-state index contributed by atoms with van der Waals surface area (Å²) in [4.78, 5) is 23.0. The lowest BCUT2D eigenvalue weighted by Crippen LogP contribution is -2.50. The number of hydrogen-bond acceptors (Lipinski definition) is 10. The molecule has 10 heteroatoms. The normalized spacial score (nSPS) is 15.6. The molecule has 0 aliphatic carbocycles. The Balaban J connectivity index is 3.78. The predicted octanol–water partition coefficient (Wildman–Crippen LogP) is -2.48. The minimum absolute atomic E-state index is 0.0129. The minimum atomic E-state index is -2.04. The first kappa shape index (κ1) is 26.9. The van der Waals surface area contributed by atoms with Crippen molar-refractivity contribution < 1.29 is 34.8 Å². The molecular formula is C18H37N3O7. The first-order valence-electron chi connectivity index (χ1n) is 9.81. The standard InChI is InChI=1S/C18H37N3O7/c1-3-4-7-19-9-11-21-12-10-20-8-5-6-13(22)14(23)15(24)16(25)17(26)18(27)28-2/h14-17,19-21,23-26H,3-12H2,1-2H3/t14-,15+,16-,17-/m0/s1. The topological polar surface area (TPSA) is 160 Å². The van der Waals surface area contributed by atoms with Gasteiger partial charge >= 0.3 is 5.97 Å². The molecule has 0 bridgehead atoms. The Kier molecular flexibility index (Phi) is 16.1. The highest BCUT2D eigenvalue weighted by molar-refractivity contribution is 5.83. The monoisotopic (exact) mass is 407 g/mol. The van der Waals surface area contributed by atoms with Crippen LogP contribution >= 0.6 is 0 Å². The molecule has 0 aromatic heterocycles. The van der Waals surface area contributed by atoms with Crippen molar-refractivity contribution in [3.63, 3.8) is 0 Å². The van der Waals surface area contributed by atoms with Crippen LogP contribution in [-0.2, 0) is 14.3 Å². The molecule has 0 aromatic rings. The molecular weight excluding hydrogens is 370 g/mol. The Hall–Kier alpha value is -1.14. The number of hydrogen-bond donors (Lipinski definition) is 7. The number of carbonyl (C=O) groups excluding carboxylic acids is 2. The first-order valence-corrected chi connectivity index (χ1v) is 9.81. The number of aliphatic hydroxyl groups excluding tert-OH is 4. The quantitative estimate of drug-likeness (QED) is 0.0957. The Bertz CT molecular complexity index is 426. The number of aliphatic hydroxyl groups is 4. The highest BCUT2D eigenvalue weighted by Crippen LogP contribution is 2.09. The van der Waals surface area contributed by atoms with Crippen LogP contribution in [0.25, 0.3) is 0 Å². The number of carbonyl (C=O) groups is 2. The van der Waals surface area contributed by atoms with E-state index in [1.807, 2.05) is 0 Å². The van der Waals surface area contributed by atoms with Crippen LogP contribution in [-0.4, -0.2) is 103 Å². The molecule has 0 spiro atoms. The van der Waals surface area contributed by atoms with Gasteiger partial charge in [0.05, 0.1) is 7.11 Å². The van der Waals surface area contributed by atoms with Crippen molar-refractivity contribution in [3.05, 3.63) is 0 Å². The maximum absolute atomic E-state index is 11.9. The number of rotatable bonds is 18. The van der Waals surface area contributed by atoms with Gasteiger partial charge in [-0.25, -0.2) is 4.79 Å². The van der Waals surface area contributed by atoms with Crippen molar-refractivity contribution in [2.45, 2.75) is 57.0 Å². The first-order chi connectivity index (χ1) is 13.4. The number of nitrogens with one attached hydrogen (secondary N) is 3. The SMILES string of the molecule is CCCCNCCNCCNCCCC(=O)[C@H](O)[C@@H](O)[C@H](O)[C@H](O)C(=O)OC. The second kappa shape index (κ2) is 16.8. The second-order valence-corrected chi connectivity index (χ2v) is 6.57. The molecule has 0 aliphatic rings. The predicted molar refractivity (Wildman–Crippen MR) is 104 cm³/mol. The molecule has 4 atom stereocenters. The van der Waals surface area contributed by atoms with Crippen LogP contribution in [0.1, 0.15) is 32.6 Å². The van der Waals surface area contributed by atoms with Crippen molar-refractivity contribution in [3.8, 4) is 0 Å². The third-order valence-electron chi connectivity index (χ3n) is 4.21. The minimum Gasteiger partial charge on any atom is -0.467 e. The summed E-state index contributed by atoms with van der Waals surface area (Å²) in [6, 6.07) is 0. The summed E-state index contributed by atoms with van der Waals surface area (Å²) >= 11 is 0. The molecule has 0 heterocycles. The number of ether oxygens (including phenoxy) is 1. The van der Waals surface area contributed by atoms with Crippen molar-refractivity contribution in [1.82, 2.24) is 16.0 Å². The Morgan fingerprint density at radius 2 is 1.25 bits per heavy atom. The zero-order valence-electron chi connectivity index (χ0n) is 16.9. The summed E-state index contributed by atoms with van der Waals surface area (Å²) in [6.45, 7) is 7.07. The van der Waals surface area contributed by atoms with E-state index in [0.29, 0.717) is 13.0 Å². The Labute approximate surface area is 166 Å². The molecule has 0 saturated carbocycles. The van der Waals surface area contributed by atoms with Crippen LogP contribution in [0.15, 0.2) is 0 Å². The average Bonchev–Trinajstić information content (AvgIpc) is 2.71. The molecule has 0 aliphatic heterocycles. The van der Waals surface area contributed by atoms with Crippen LogP contribution in [0, 0.1) is 0 Å². The largest absolute Gasteiger partial charge is 0.467 e. The molecule has 0 amide bonds. The fourth-order valence-corrected chi connectivity index (χ4v) is 2.39. The van der Waals surface area contributed by atoms with Crippen LogP contribution in [0.3, 0.4) is 0 Å². The van der Waals surface area contributed by atoms with E-state index >= 15 is 0 Å². The smallest absolute Gasteiger partial charge is 0.337 e. The number of unbranched alkanes of at least 4 members (excludes halogenated alkanes) is 1. The highest BCUT2D eigenvalue weighted by Gasteiger charge is 2.37. The number of Topliss-reactive ketones (excluding diaryl/α,β-unsaturated/α-hetero) is 1. The Morgan fingerprint density at radius 3 is 1.75 bits per heavy atom. The van der Waals surface area contributed by atoms with Gasteiger partial charge in [-0.05, 0) is 25.9 Å². The number of esters is 1. The van der Waals surface area contributed by atoms with Crippen molar-refractivity contribution in [2.75, 3.05) is 46.4 Å². The second-order valence-electron chi connectivity index (χ2n) is 6.57. The summed E-state index contributed by atoms with van der Waals surface area (Å²) < 4.78 is 4.23. The summed E-state index contributed by atoms with van der Waals surface area (Å²) in [6.07, 6.45) is -5.15. The van der Waals surface area contributed by atoms with E-state index in [4.69, 9.17) is 0 Å². The lowest BCUT2D eigenvalue weighted by atomic mass is 9.98. The molecule has 0 unspecified atom stereocenters. The van der Waals surface area contributed by atoms with E-state index in [2.05, 4.69) is 27.6 Å². The van der Waals surface area contributed by atoms with E-state index < -0.39 is 36.2 Å². The van der Waals surface area contributed by atoms with Gasteiger partial charge in [-0.15, -0.1) is 0 Å². The van der Waals surface area contributed by atoms with E-state index in [1.54, 1.807) is 0 Å². The maximum atomic E-state index is 11.9. The van der Waals surface area contributed by atoms with Gasteiger partial charge < -0.3 is 41.1 Å². The van der Waals surface area contributed by atoms with Crippen LogP contribution < -0.4 is 16.0 Å². The van der Waals surface area contributed by atoms with Crippen LogP contribution in [0.4, 0.5) is 0 Å². The van der Waals surface area contributed by atoms with Crippen molar-refractivity contribution in [2.24, 2.45) is 0 Å². The number of methoxy groups -OCH3 is 1. The van der Waals surface area contributed by atoms with Gasteiger partial charge in [0, 0.05) is 32.6 Å². The lowest BCUT2D eigenvalue weighted by molar-refractivity contribution is -0.168. The van der Waals surface area contributed by atoms with Crippen molar-refractivity contribution in [1.29, 1.82) is 0 Å². The fraction of sp³-hybridized carbons (Fsp3) is 0.889. The molecule has 7 N–H and O–H groups in total. The van der Waals surface area contributed by atoms with Gasteiger partial charge in [0.25, 0.3) is 0 Å². The third-order valence-corrected chi connectivity index (χ3v) is 4.21. The summed E-state index contributed by atoms with van der Waals surface area (Å²) in [7, 11) is 0.999. The van der Waals surface area contributed by atoms with Gasteiger partial charge in [0.15, 0.2) is 11.9 Å².